The summed E-state index contributed by atoms with van der Waals surface area (Å²) in [6.45, 7) is 7.76. The summed E-state index contributed by atoms with van der Waals surface area (Å²) in [5.74, 6) is 0.478. The average molecular weight is 221 g/mol. The molecule has 1 saturated carbocycles. The number of aromatic nitrogens is 2. The zero-order chi connectivity index (χ0) is 11.8. The van der Waals surface area contributed by atoms with E-state index in [-0.39, 0.29) is 0 Å². The summed E-state index contributed by atoms with van der Waals surface area (Å²) in [7, 11) is 0. The number of rotatable bonds is 2. The molecule has 1 aromatic rings. The van der Waals surface area contributed by atoms with E-state index in [0.717, 1.165) is 13.0 Å². The van der Waals surface area contributed by atoms with E-state index in [1.807, 2.05) is 6.20 Å². The van der Waals surface area contributed by atoms with E-state index in [1.54, 1.807) is 0 Å². The van der Waals surface area contributed by atoms with Gasteiger partial charge in [-0.3, -0.25) is 4.68 Å². The summed E-state index contributed by atoms with van der Waals surface area (Å²) in [6, 6.07) is 2.44. The van der Waals surface area contributed by atoms with Gasteiger partial charge in [0, 0.05) is 30.4 Å². The lowest BCUT2D eigenvalue weighted by Crippen LogP contribution is -2.38. The third-order valence-electron chi connectivity index (χ3n) is 3.87. The molecule has 1 fully saturated rings. The zero-order valence-electron chi connectivity index (χ0n) is 10.6. The van der Waals surface area contributed by atoms with Gasteiger partial charge < -0.3 is 5.73 Å². The maximum Gasteiger partial charge on any atom is 0.0492 e. The third kappa shape index (κ3) is 2.14. The molecule has 16 heavy (non-hydrogen) atoms. The Kier molecular flexibility index (Phi) is 3.06. The molecule has 0 bridgehead atoms. The van der Waals surface area contributed by atoms with Crippen LogP contribution in [0.2, 0.25) is 0 Å². The minimum absolute atomic E-state index is 0.301. The minimum Gasteiger partial charge on any atom is -0.327 e. The maximum absolute atomic E-state index is 6.27. The molecule has 0 aromatic carbocycles. The van der Waals surface area contributed by atoms with Crippen LogP contribution in [-0.4, -0.2) is 15.8 Å². The third-order valence-corrected chi connectivity index (χ3v) is 3.87. The fourth-order valence-electron chi connectivity index (χ4n) is 2.85. The summed E-state index contributed by atoms with van der Waals surface area (Å²) >= 11 is 0. The first-order valence-electron chi connectivity index (χ1n) is 6.31. The van der Waals surface area contributed by atoms with Crippen molar-refractivity contribution < 1.29 is 0 Å². The van der Waals surface area contributed by atoms with Crippen LogP contribution in [0.4, 0.5) is 0 Å². The molecule has 1 aliphatic rings. The van der Waals surface area contributed by atoms with Crippen LogP contribution >= 0.6 is 0 Å². The molecule has 1 aromatic heterocycles. The van der Waals surface area contributed by atoms with Gasteiger partial charge in [-0.25, -0.2) is 0 Å². The van der Waals surface area contributed by atoms with E-state index in [9.17, 15) is 0 Å². The first-order valence-corrected chi connectivity index (χ1v) is 6.31. The van der Waals surface area contributed by atoms with Gasteiger partial charge in [0.2, 0.25) is 0 Å². The van der Waals surface area contributed by atoms with Gasteiger partial charge in [-0.05, 0) is 37.7 Å². The van der Waals surface area contributed by atoms with Gasteiger partial charge in [0.05, 0.1) is 0 Å². The molecule has 3 heteroatoms. The van der Waals surface area contributed by atoms with Crippen molar-refractivity contribution >= 4 is 0 Å². The van der Waals surface area contributed by atoms with Crippen molar-refractivity contribution in [1.29, 1.82) is 0 Å². The quantitative estimate of drug-likeness (QED) is 0.834. The highest BCUT2D eigenvalue weighted by molar-refractivity contribution is 5.13. The first-order chi connectivity index (χ1) is 7.53. The van der Waals surface area contributed by atoms with Gasteiger partial charge in [0.25, 0.3) is 0 Å². The molecule has 1 aliphatic carbocycles. The summed E-state index contributed by atoms with van der Waals surface area (Å²) < 4.78 is 2.09. The standard InChI is InChI=1S/C13H23N3/c1-4-16-12(6-8-15-16)10-9-13(2,3)7-5-11(10)14/h6,8,10-11H,4-5,7,9,14H2,1-3H3. The molecule has 1 heterocycles. The molecule has 0 spiro atoms. The lowest BCUT2D eigenvalue weighted by atomic mass is 9.69. The summed E-state index contributed by atoms with van der Waals surface area (Å²) in [4.78, 5) is 0. The summed E-state index contributed by atoms with van der Waals surface area (Å²) in [5, 5.41) is 4.35. The van der Waals surface area contributed by atoms with Gasteiger partial charge in [-0.15, -0.1) is 0 Å². The van der Waals surface area contributed by atoms with Crippen LogP contribution in [0, 0.1) is 5.41 Å². The van der Waals surface area contributed by atoms with Crippen molar-refractivity contribution in [2.75, 3.05) is 0 Å². The molecule has 0 amide bonds. The van der Waals surface area contributed by atoms with Crippen LogP contribution in [0.15, 0.2) is 12.3 Å². The first kappa shape index (κ1) is 11.6. The Hall–Kier alpha value is -0.830. The molecule has 2 unspecified atom stereocenters. The normalized spacial score (nSPS) is 29.2. The molecule has 2 atom stereocenters. The van der Waals surface area contributed by atoms with Crippen molar-refractivity contribution in [3.63, 3.8) is 0 Å². The summed E-state index contributed by atoms with van der Waals surface area (Å²) in [6.07, 6.45) is 5.45. The number of nitrogens with two attached hydrogens (primary N) is 1. The molecule has 3 nitrogen and oxygen atoms in total. The van der Waals surface area contributed by atoms with Crippen LogP contribution in [0.3, 0.4) is 0 Å². The van der Waals surface area contributed by atoms with Crippen LogP contribution in [0.25, 0.3) is 0 Å². The average Bonchev–Trinajstić information content (AvgIpc) is 2.69. The van der Waals surface area contributed by atoms with Crippen molar-refractivity contribution in [2.45, 2.75) is 58.5 Å². The number of hydrogen-bond donors (Lipinski definition) is 1. The molecular weight excluding hydrogens is 198 g/mol. The Morgan fingerprint density at radius 3 is 3.00 bits per heavy atom. The highest BCUT2D eigenvalue weighted by atomic mass is 15.3. The maximum atomic E-state index is 6.27. The second kappa shape index (κ2) is 4.21. The van der Waals surface area contributed by atoms with E-state index >= 15 is 0 Å². The van der Waals surface area contributed by atoms with Gasteiger partial charge in [-0.2, -0.15) is 5.10 Å². The Morgan fingerprint density at radius 2 is 2.31 bits per heavy atom. The smallest absolute Gasteiger partial charge is 0.0492 e. The highest BCUT2D eigenvalue weighted by Crippen LogP contribution is 2.42. The molecule has 90 valence electrons. The topological polar surface area (TPSA) is 43.8 Å². The van der Waals surface area contributed by atoms with Gasteiger partial charge in [-0.1, -0.05) is 13.8 Å². The lowest BCUT2D eigenvalue weighted by molar-refractivity contribution is 0.193. The Balaban J connectivity index is 2.24. The van der Waals surface area contributed by atoms with Gasteiger partial charge >= 0.3 is 0 Å². The second-order valence-corrected chi connectivity index (χ2v) is 5.75. The van der Waals surface area contributed by atoms with Crippen LogP contribution < -0.4 is 5.73 Å². The van der Waals surface area contributed by atoms with Crippen LogP contribution in [-0.2, 0) is 6.54 Å². The van der Waals surface area contributed by atoms with Crippen LogP contribution in [0.1, 0.15) is 51.6 Å². The fraction of sp³-hybridized carbons (Fsp3) is 0.769. The molecule has 2 rings (SSSR count). The molecule has 0 radical (unpaired) electrons. The Bertz CT molecular complexity index is 354. The molecule has 0 aliphatic heterocycles. The largest absolute Gasteiger partial charge is 0.327 e. The monoisotopic (exact) mass is 221 g/mol. The predicted molar refractivity (Wildman–Crippen MR) is 66.2 cm³/mol. The Morgan fingerprint density at radius 1 is 1.56 bits per heavy atom. The molecule has 2 N–H and O–H groups in total. The van der Waals surface area contributed by atoms with Gasteiger partial charge in [0.15, 0.2) is 0 Å². The van der Waals surface area contributed by atoms with Crippen molar-refractivity contribution in [3.8, 4) is 0 Å². The number of nitrogens with zero attached hydrogens (tertiary/aromatic N) is 2. The fourth-order valence-corrected chi connectivity index (χ4v) is 2.85. The number of hydrogen-bond acceptors (Lipinski definition) is 2. The van der Waals surface area contributed by atoms with E-state index in [0.29, 0.717) is 17.4 Å². The highest BCUT2D eigenvalue weighted by Gasteiger charge is 2.35. The van der Waals surface area contributed by atoms with E-state index in [2.05, 4.69) is 36.6 Å². The Labute approximate surface area is 98.0 Å². The second-order valence-electron chi connectivity index (χ2n) is 5.75. The van der Waals surface area contributed by atoms with E-state index in [1.165, 1.54) is 18.5 Å². The van der Waals surface area contributed by atoms with Gasteiger partial charge in [0.1, 0.15) is 0 Å². The van der Waals surface area contributed by atoms with E-state index in [4.69, 9.17) is 5.73 Å². The minimum atomic E-state index is 0.301. The molecule has 0 saturated heterocycles. The zero-order valence-corrected chi connectivity index (χ0v) is 10.6. The summed E-state index contributed by atoms with van der Waals surface area (Å²) in [5.41, 5.74) is 8.02. The van der Waals surface area contributed by atoms with Crippen molar-refractivity contribution in [2.24, 2.45) is 11.1 Å². The molecular formula is C13H23N3. The van der Waals surface area contributed by atoms with Crippen molar-refractivity contribution in [1.82, 2.24) is 9.78 Å². The van der Waals surface area contributed by atoms with E-state index < -0.39 is 0 Å². The van der Waals surface area contributed by atoms with Crippen LogP contribution in [0.5, 0.6) is 0 Å². The SMILES string of the molecule is CCn1nccc1C1CC(C)(C)CCC1N. The number of aryl methyl sites for hydroxylation is 1. The predicted octanol–water partition coefficient (Wildman–Crippen LogP) is 2.52. The lowest BCUT2D eigenvalue weighted by Gasteiger charge is -2.39. The van der Waals surface area contributed by atoms with Crippen molar-refractivity contribution in [3.05, 3.63) is 18.0 Å².